The number of anilines is 2. The Hall–Kier alpha value is -4.28. The molecule has 0 fully saturated rings. The van der Waals surface area contributed by atoms with E-state index < -0.39 is 21.6 Å². The van der Waals surface area contributed by atoms with Crippen LogP contribution in [0.15, 0.2) is 58.2 Å². The molecule has 1 aromatic heterocycles. The van der Waals surface area contributed by atoms with Crippen LogP contribution in [0, 0.1) is 13.8 Å². The topological polar surface area (TPSA) is 132 Å². The maximum Gasteiger partial charge on any atom is 0.344 e. The molecular formula is C28H24N2O7S. The van der Waals surface area contributed by atoms with E-state index in [9.17, 15) is 27.4 Å². The van der Waals surface area contributed by atoms with Gasteiger partial charge in [0.25, 0.3) is 15.7 Å². The highest BCUT2D eigenvalue weighted by molar-refractivity contribution is 7.86. The van der Waals surface area contributed by atoms with Crippen molar-refractivity contribution in [1.29, 1.82) is 0 Å². The number of aromatic nitrogens is 1. The molecule has 1 heterocycles. The lowest BCUT2D eigenvalue weighted by atomic mass is 9.81. The number of esters is 1. The number of nitrogens with one attached hydrogen (secondary N) is 1. The van der Waals surface area contributed by atoms with E-state index in [-0.39, 0.29) is 50.9 Å². The molecule has 0 atom stereocenters. The molecule has 194 valence electrons. The zero-order chi connectivity index (χ0) is 27.5. The molecule has 3 aromatic carbocycles. The van der Waals surface area contributed by atoms with Gasteiger partial charge in [0.1, 0.15) is 10.5 Å². The van der Waals surface area contributed by atoms with Gasteiger partial charge < -0.3 is 14.6 Å². The summed E-state index contributed by atoms with van der Waals surface area (Å²) in [4.78, 5) is 40.0. The predicted octanol–water partition coefficient (Wildman–Crippen LogP) is 4.53. The standard InChI is InChI=1S/C28H24N2O7S/c1-5-37-28(33)25-22-16-8-6-7-9-17(16)26(31)23-18(10-11-20(24(22)23)30(4)27(25)32)29-19-12-14(2)15(3)13-21(19)38(34,35)36/h6-13,29H,5H2,1-4H3,(H,34,35,36). The lowest BCUT2D eigenvalue weighted by Crippen LogP contribution is -2.29. The van der Waals surface area contributed by atoms with Crippen LogP contribution in [0.5, 0.6) is 0 Å². The number of fused-ring (bicyclic) bond motifs is 2. The molecule has 1 aliphatic rings. The molecule has 0 aliphatic heterocycles. The average Bonchev–Trinajstić information content (AvgIpc) is 2.86. The fraction of sp³-hybridized carbons (Fsp3) is 0.179. The number of aryl methyl sites for hydroxylation is 3. The van der Waals surface area contributed by atoms with Crippen LogP contribution >= 0.6 is 0 Å². The Kier molecular flexibility index (Phi) is 5.96. The second-order valence-corrected chi connectivity index (χ2v) is 10.5. The third kappa shape index (κ3) is 3.80. The maximum absolute atomic E-state index is 13.9. The van der Waals surface area contributed by atoms with Gasteiger partial charge in [-0.15, -0.1) is 0 Å². The van der Waals surface area contributed by atoms with Crippen molar-refractivity contribution in [2.45, 2.75) is 25.7 Å². The zero-order valence-electron chi connectivity index (χ0n) is 21.1. The SMILES string of the molecule is CCOC(=O)c1c2c3c(c(Nc4cc(C)c(C)cc4S(=O)(=O)O)ccc3n(C)c1=O)C(=O)c1ccccc1-2. The molecule has 0 unspecified atom stereocenters. The minimum atomic E-state index is -4.60. The Morgan fingerprint density at radius 1 is 0.974 bits per heavy atom. The van der Waals surface area contributed by atoms with Crippen LogP contribution in [0.25, 0.3) is 22.0 Å². The van der Waals surface area contributed by atoms with E-state index in [2.05, 4.69) is 5.32 Å². The number of ketones is 1. The largest absolute Gasteiger partial charge is 0.462 e. The van der Waals surface area contributed by atoms with Crippen molar-refractivity contribution in [3.8, 4) is 11.1 Å². The molecule has 0 saturated carbocycles. The minimum Gasteiger partial charge on any atom is -0.462 e. The van der Waals surface area contributed by atoms with Crippen molar-refractivity contribution < 1.29 is 27.3 Å². The average molecular weight is 533 g/mol. The molecule has 0 radical (unpaired) electrons. The van der Waals surface area contributed by atoms with E-state index >= 15 is 0 Å². The van der Waals surface area contributed by atoms with Crippen molar-refractivity contribution in [1.82, 2.24) is 4.57 Å². The summed E-state index contributed by atoms with van der Waals surface area (Å²) in [6.07, 6.45) is 0. The van der Waals surface area contributed by atoms with E-state index in [1.807, 2.05) is 0 Å². The van der Waals surface area contributed by atoms with Crippen molar-refractivity contribution in [3.05, 3.63) is 86.7 Å². The molecule has 0 bridgehead atoms. The van der Waals surface area contributed by atoms with Crippen LogP contribution in [0.2, 0.25) is 0 Å². The van der Waals surface area contributed by atoms with Crippen LogP contribution < -0.4 is 10.9 Å². The number of ether oxygens (including phenoxy) is 1. The van der Waals surface area contributed by atoms with Gasteiger partial charge in [0.15, 0.2) is 5.78 Å². The van der Waals surface area contributed by atoms with Gasteiger partial charge in [-0.3, -0.25) is 14.1 Å². The highest BCUT2D eigenvalue weighted by Gasteiger charge is 2.34. The van der Waals surface area contributed by atoms with Crippen molar-refractivity contribution in [2.75, 3.05) is 11.9 Å². The maximum atomic E-state index is 13.9. The van der Waals surface area contributed by atoms with Crippen molar-refractivity contribution >= 4 is 44.1 Å². The zero-order valence-corrected chi connectivity index (χ0v) is 21.9. The second-order valence-electron chi connectivity index (χ2n) is 9.12. The van der Waals surface area contributed by atoms with Crippen LogP contribution in [0.1, 0.15) is 44.3 Å². The molecule has 10 heteroatoms. The molecule has 38 heavy (non-hydrogen) atoms. The highest BCUT2D eigenvalue weighted by atomic mass is 32.2. The summed E-state index contributed by atoms with van der Waals surface area (Å²) in [5, 5.41) is 3.39. The minimum absolute atomic E-state index is 0.0552. The van der Waals surface area contributed by atoms with Gasteiger partial charge in [-0.25, -0.2) is 4.79 Å². The summed E-state index contributed by atoms with van der Waals surface area (Å²) in [6, 6.07) is 12.8. The van der Waals surface area contributed by atoms with Gasteiger partial charge in [-0.05, 0) is 61.7 Å². The first-order valence-corrected chi connectivity index (χ1v) is 13.3. The van der Waals surface area contributed by atoms with E-state index in [1.54, 1.807) is 63.2 Å². The molecule has 9 nitrogen and oxygen atoms in total. The number of rotatable bonds is 5. The number of carbonyl (C=O) groups excluding carboxylic acids is 2. The Labute approximate surface area is 218 Å². The van der Waals surface area contributed by atoms with Crippen LogP contribution in [0.3, 0.4) is 0 Å². The number of hydrogen-bond donors (Lipinski definition) is 2. The summed E-state index contributed by atoms with van der Waals surface area (Å²) >= 11 is 0. The number of nitrogens with zero attached hydrogens (tertiary/aromatic N) is 1. The summed E-state index contributed by atoms with van der Waals surface area (Å²) < 4.78 is 40.8. The third-order valence-electron chi connectivity index (χ3n) is 6.85. The van der Waals surface area contributed by atoms with Gasteiger partial charge in [0.05, 0.1) is 29.1 Å². The molecule has 0 spiro atoms. The van der Waals surface area contributed by atoms with Crippen molar-refractivity contribution in [3.63, 3.8) is 0 Å². The molecule has 1 aliphatic carbocycles. The Balaban J connectivity index is 1.90. The molecule has 2 N–H and O–H groups in total. The lowest BCUT2D eigenvalue weighted by molar-refractivity contribution is 0.0524. The summed E-state index contributed by atoms with van der Waals surface area (Å²) in [7, 11) is -3.10. The lowest BCUT2D eigenvalue weighted by Gasteiger charge is -2.25. The van der Waals surface area contributed by atoms with Gasteiger partial charge in [0, 0.05) is 23.6 Å². The van der Waals surface area contributed by atoms with Gasteiger partial charge in [-0.1, -0.05) is 24.3 Å². The Morgan fingerprint density at radius 2 is 1.63 bits per heavy atom. The van der Waals surface area contributed by atoms with Crippen molar-refractivity contribution in [2.24, 2.45) is 7.05 Å². The molecule has 5 rings (SSSR count). The summed E-state index contributed by atoms with van der Waals surface area (Å²) in [5.41, 5.74) is 2.56. The Morgan fingerprint density at radius 3 is 2.29 bits per heavy atom. The third-order valence-corrected chi connectivity index (χ3v) is 7.75. The molecule has 4 aromatic rings. The number of pyridine rings is 1. The van der Waals surface area contributed by atoms with E-state index in [1.165, 1.54) is 17.7 Å². The number of benzene rings is 3. The van der Waals surface area contributed by atoms with Gasteiger partial charge >= 0.3 is 5.97 Å². The first-order chi connectivity index (χ1) is 18.0. The highest BCUT2D eigenvalue weighted by Crippen LogP contribution is 2.44. The Bertz CT molecular complexity index is 1870. The fourth-order valence-corrected chi connectivity index (χ4v) is 5.63. The molecular weight excluding hydrogens is 508 g/mol. The second kappa shape index (κ2) is 8.93. The summed E-state index contributed by atoms with van der Waals surface area (Å²) in [5.74, 6) is -1.17. The normalized spacial score (nSPS) is 12.4. The first kappa shape index (κ1) is 25.4. The molecule has 0 saturated heterocycles. The van der Waals surface area contributed by atoms with Crippen LogP contribution in [0.4, 0.5) is 11.4 Å². The van der Waals surface area contributed by atoms with Crippen LogP contribution in [-0.2, 0) is 21.9 Å². The number of hydrogen-bond acceptors (Lipinski definition) is 7. The van der Waals surface area contributed by atoms with E-state index in [0.717, 1.165) is 5.56 Å². The van der Waals surface area contributed by atoms with Gasteiger partial charge in [0.2, 0.25) is 0 Å². The monoisotopic (exact) mass is 532 g/mol. The summed E-state index contributed by atoms with van der Waals surface area (Å²) in [6.45, 7) is 5.20. The molecule has 0 amide bonds. The predicted molar refractivity (Wildman–Crippen MR) is 143 cm³/mol. The smallest absolute Gasteiger partial charge is 0.344 e. The number of carbonyl (C=O) groups is 2. The van der Waals surface area contributed by atoms with E-state index in [0.29, 0.717) is 22.0 Å². The van der Waals surface area contributed by atoms with Crippen LogP contribution in [-0.4, -0.2) is 35.9 Å². The van der Waals surface area contributed by atoms with Gasteiger partial charge in [-0.2, -0.15) is 8.42 Å². The first-order valence-electron chi connectivity index (χ1n) is 11.8. The quantitative estimate of drug-likeness (QED) is 0.249. The fourth-order valence-electron chi connectivity index (χ4n) is 4.91. The van der Waals surface area contributed by atoms with E-state index in [4.69, 9.17) is 4.74 Å².